The number of nitrogens with two attached hydrogens (primary N) is 1. The van der Waals surface area contributed by atoms with Crippen LogP contribution >= 0.6 is 0 Å². The smallest absolute Gasteiger partial charge is 0.404 e. The van der Waals surface area contributed by atoms with Gasteiger partial charge in [0, 0.05) is 25.9 Å². The third-order valence-electron chi connectivity index (χ3n) is 1.86. The van der Waals surface area contributed by atoms with E-state index >= 15 is 0 Å². The zero-order valence-electron chi connectivity index (χ0n) is 6.95. The molecule has 1 aliphatic heterocycles. The summed E-state index contributed by atoms with van der Waals surface area (Å²) in [6.07, 6.45) is -0.753. The van der Waals surface area contributed by atoms with Crippen LogP contribution in [0.5, 0.6) is 0 Å². The van der Waals surface area contributed by atoms with E-state index in [1.165, 1.54) is 6.92 Å². The second-order valence-electron chi connectivity index (χ2n) is 2.92. The number of hydrogen-bond acceptors (Lipinski definition) is 3. The highest BCUT2D eigenvalue weighted by molar-refractivity contribution is 5.74. The van der Waals surface area contributed by atoms with E-state index < -0.39 is 6.09 Å². The summed E-state index contributed by atoms with van der Waals surface area (Å²) in [5, 5.41) is 0. The standard InChI is InChI=1S/C7H12N2O3/c1-5(10)9-2-6(3-9)4-12-7(8)11/h6H,2-4H2,1H3,(H2,8,11). The molecule has 0 aromatic carbocycles. The van der Waals surface area contributed by atoms with Crippen molar-refractivity contribution >= 4 is 12.0 Å². The predicted molar refractivity (Wildman–Crippen MR) is 41.3 cm³/mol. The van der Waals surface area contributed by atoms with Gasteiger partial charge in [-0.3, -0.25) is 4.79 Å². The number of carbonyl (C=O) groups excluding carboxylic acids is 2. The van der Waals surface area contributed by atoms with E-state index in [2.05, 4.69) is 4.74 Å². The SMILES string of the molecule is CC(=O)N1CC(COC(N)=O)C1. The van der Waals surface area contributed by atoms with E-state index in [1.54, 1.807) is 4.90 Å². The lowest BCUT2D eigenvalue weighted by Gasteiger charge is -2.37. The van der Waals surface area contributed by atoms with Crippen LogP contribution in [0.1, 0.15) is 6.92 Å². The van der Waals surface area contributed by atoms with Crippen LogP contribution in [0.15, 0.2) is 0 Å². The Bertz CT molecular complexity index is 196. The Morgan fingerprint density at radius 2 is 2.17 bits per heavy atom. The highest BCUT2D eigenvalue weighted by atomic mass is 16.5. The number of hydrogen-bond donors (Lipinski definition) is 1. The molecule has 0 saturated carbocycles. The number of amides is 2. The number of nitrogens with zero attached hydrogens (tertiary/aromatic N) is 1. The highest BCUT2D eigenvalue weighted by Gasteiger charge is 2.29. The maximum atomic E-state index is 10.7. The van der Waals surface area contributed by atoms with Crippen LogP contribution in [0.4, 0.5) is 4.79 Å². The molecule has 1 saturated heterocycles. The second kappa shape index (κ2) is 3.42. The van der Waals surface area contributed by atoms with Crippen LogP contribution in [-0.2, 0) is 9.53 Å². The number of rotatable bonds is 2. The summed E-state index contributed by atoms with van der Waals surface area (Å²) in [7, 11) is 0. The van der Waals surface area contributed by atoms with Gasteiger partial charge >= 0.3 is 6.09 Å². The number of carbonyl (C=O) groups is 2. The van der Waals surface area contributed by atoms with Crippen LogP contribution in [-0.4, -0.2) is 36.6 Å². The third-order valence-corrected chi connectivity index (χ3v) is 1.86. The Balaban J connectivity index is 2.10. The van der Waals surface area contributed by atoms with Crippen LogP contribution < -0.4 is 5.73 Å². The van der Waals surface area contributed by atoms with Gasteiger partial charge in [0.15, 0.2) is 0 Å². The van der Waals surface area contributed by atoms with Crippen molar-refractivity contribution in [1.82, 2.24) is 4.90 Å². The summed E-state index contributed by atoms with van der Waals surface area (Å²) in [4.78, 5) is 22.6. The van der Waals surface area contributed by atoms with Gasteiger partial charge in [-0.1, -0.05) is 0 Å². The molecule has 2 N–H and O–H groups in total. The number of primary amides is 1. The summed E-state index contributed by atoms with van der Waals surface area (Å²) in [6, 6.07) is 0. The minimum absolute atomic E-state index is 0.0605. The van der Waals surface area contributed by atoms with Gasteiger partial charge in [0.1, 0.15) is 0 Å². The Morgan fingerprint density at radius 1 is 1.58 bits per heavy atom. The topological polar surface area (TPSA) is 72.6 Å². The van der Waals surface area contributed by atoms with E-state index in [-0.39, 0.29) is 11.8 Å². The summed E-state index contributed by atoms with van der Waals surface area (Å²) in [5.74, 6) is 0.326. The first-order valence-corrected chi connectivity index (χ1v) is 3.77. The molecule has 0 aromatic heterocycles. The molecule has 0 radical (unpaired) electrons. The summed E-state index contributed by atoms with van der Waals surface area (Å²) < 4.78 is 4.57. The minimum Gasteiger partial charge on any atom is -0.449 e. The molecule has 2 amide bonds. The largest absolute Gasteiger partial charge is 0.449 e. The van der Waals surface area contributed by atoms with Crippen molar-refractivity contribution in [2.24, 2.45) is 11.7 Å². The fourth-order valence-corrected chi connectivity index (χ4v) is 1.13. The first kappa shape index (κ1) is 8.83. The molecule has 68 valence electrons. The zero-order valence-corrected chi connectivity index (χ0v) is 6.95. The molecule has 5 nitrogen and oxygen atoms in total. The van der Waals surface area contributed by atoms with Crippen molar-refractivity contribution < 1.29 is 14.3 Å². The molecule has 1 rings (SSSR count). The van der Waals surface area contributed by atoms with Crippen LogP contribution in [0, 0.1) is 5.92 Å². The third kappa shape index (κ3) is 2.11. The Hall–Kier alpha value is -1.26. The van der Waals surface area contributed by atoms with Gasteiger partial charge in [-0.25, -0.2) is 4.79 Å². The van der Waals surface area contributed by atoms with Gasteiger partial charge in [-0.2, -0.15) is 0 Å². The first-order chi connectivity index (χ1) is 5.59. The van der Waals surface area contributed by atoms with Crippen molar-refractivity contribution in [3.8, 4) is 0 Å². The minimum atomic E-state index is -0.753. The Kier molecular flexibility index (Phi) is 2.52. The first-order valence-electron chi connectivity index (χ1n) is 3.77. The lowest BCUT2D eigenvalue weighted by molar-refractivity contribution is -0.135. The molecule has 5 heteroatoms. The average Bonchev–Trinajstić information content (AvgIpc) is 1.82. The van der Waals surface area contributed by atoms with Crippen LogP contribution in [0.3, 0.4) is 0 Å². The van der Waals surface area contributed by atoms with Gasteiger partial charge in [0.2, 0.25) is 5.91 Å². The molecule has 1 aliphatic rings. The van der Waals surface area contributed by atoms with Gasteiger partial charge in [-0.05, 0) is 0 Å². The van der Waals surface area contributed by atoms with Crippen LogP contribution in [0.2, 0.25) is 0 Å². The summed E-state index contributed by atoms with van der Waals surface area (Å²) in [5.41, 5.74) is 4.77. The fraction of sp³-hybridized carbons (Fsp3) is 0.714. The molecule has 0 aliphatic carbocycles. The molecule has 1 heterocycles. The van der Waals surface area contributed by atoms with E-state index in [4.69, 9.17) is 5.73 Å². The molecule has 0 atom stereocenters. The van der Waals surface area contributed by atoms with Crippen molar-refractivity contribution in [3.05, 3.63) is 0 Å². The average molecular weight is 172 g/mol. The van der Waals surface area contributed by atoms with E-state index in [0.717, 1.165) is 0 Å². The number of ether oxygens (including phenoxy) is 1. The fourth-order valence-electron chi connectivity index (χ4n) is 1.13. The van der Waals surface area contributed by atoms with Crippen molar-refractivity contribution in [1.29, 1.82) is 0 Å². The molecule has 0 aromatic rings. The van der Waals surface area contributed by atoms with E-state index in [1.807, 2.05) is 0 Å². The number of likely N-dealkylation sites (tertiary alicyclic amines) is 1. The van der Waals surface area contributed by atoms with Crippen molar-refractivity contribution in [2.45, 2.75) is 6.92 Å². The normalized spacial score (nSPS) is 16.9. The van der Waals surface area contributed by atoms with Gasteiger partial charge < -0.3 is 15.4 Å². The molecular weight excluding hydrogens is 160 g/mol. The van der Waals surface area contributed by atoms with E-state index in [9.17, 15) is 9.59 Å². The molecule has 1 fully saturated rings. The molecular formula is C7H12N2O3. The quantitative estimate of drug-likeness (QED) is 0.613. The molecule has 0 spiro atoms. The Labute approximate surface area is 70.5 Å². The maximum Gasteiger partial charge on any atom is 0.404 e. The maximum absolute atomic E-state index is 10.7. The zero-order chi connectivity index (χ0) is 9.14. The predicted octanol–water partition coefficient (Wildman–Crippen LogP) is -0.440. The van der Waals surface area contributed by atoms with Gasteiger partial charge in [0.25, 0.3) is 0 Å². The van der Waals surface area contributed by atoms with Gasteiger partial charge in [-0.15, -0.1) is 0 Å². The second-order valence-corrected chi connectivity index (χ2v) is 2.92. The molecule has 0 bridgehead atoms. The molecule has 0 unspecified atom stereocenters. The van der Waals surface area contributed by atoms with Gasteiger partial charge in [0.05, 0.1) is 6.61 Å². The van der Waals surface area contributed by atoms with Crippen molar-refractivity contribution in [3.63, 3.8) is 0 Å². The van der Waals surface area contributed by atoms with Crippen LogP contribution in [0.25, 0.3) is 0 Å². The monoisotopic (exact) mass is 172 g/mol. The van der Waals surface area contributed by atoms with E-state index in [0.29, 0.717) is 19.7 Å². The summed E-state index contributed by atoms with van der Waals surface area (Å²) >= 11 is 0. The Morgan fingerprint density at radius 3 is 2.58 bits per heavy atom. The lowest BCUT2D eigenvalue weighted by atomic mass is 10.0. The highest BCUT2D eigenvalue weighted by Crippen LogP contribution is 2.15. The molecule has 12 heavy (non-hydrogen) atoms. The summed E-state index contributed by atoms with van der Waals surface area (Å²) in [6.45, 7) is 3.18. The lowest BCUT2D eigenvalue weighted by Crippen LogP contribution is -2.51. The van der Waals surface area contributed by atoms with Crippen molar-refractivity contribution in [2.75, 3.05) is 19.7 Å².